The SMILES string of the molecule is NC1CC1.O=C(O)C(F)(F)F.O=C(O)C(F)(F)F.O=C(O)C(F)(F)F.O=C(O)NCc1ccc(Nc2ccc(Br)cc2C(F)(F)F)cn1. The van der Waals surface area contributed by atoms with Gasteiger partial charge in [0.2, 0.25) is 0 Å². The molecule has 1 heterocycles. The predicted molar refractivity (Wildman–Crippen MR) is 140 cm³/mol. The van der Waals surface area contributed by atoms with Gasteiger partial charge in [-0.1, -0.05) is 15.9 Å². The number of benzene rings is 1. The Balaban J connectivity index is 0. The largest absolute Gasteiger partial charge is 0.490 e. The molecule has 272 valence electrons. The lowest BCUT2D eigenvalue weighted by molar-refractivity contribution is -0.193. The molecule has 8 N–H and O–H groups in total. The first kappa shape index (κ1) is 45.6. The number of nitrogens with two attached hydrogens (primary N) is 1. The molecule has 0 aliphatic heterocycles. The van der Waals surface area contributed by atoms with E-state index >= 15 is 0 Å². The number of halogens is 13. The Hall–Kier alpha value is -4.55. The van der Waals surface area contributed by atoms with E-state index in [1.165, 1.54) is 43.3 Å². The molecule has 1 aromatic carbocycles. The van der Waals surface area contributed by atoms with Gasteiger partial charge in [-0.2, -0.15) is 52.7 Å². The molecular formula is C23H21BrF12N4O8. The number of anilines is 2. The van der Waals surface area contributed by atoms with E-state index in [-0.39, 0.29) is 12.2 Å². The summed E-state index contributed by atoms with van der Waals surface area (Å²) in [6.07, 6.45) is -17.1. The van der Waals surface area contributed by atoms with E-state index in [0.29, 0.717) is 21.9 Å². The second-order valence-electron chi connectivity index (χ2n) is 8.26. The quantitative estimate of drug-likeness (QED) is 0.169. The van der Waals surface area contributed by atoms with Gasteiger partial charge in [0, 0.05) is 10.5 Å². The number of aliphatic carboxylic acids is 3. The number of amides is 1. The van der Waals surface area contributed by atoms with Gasteiger partial charge in [-0.15, -0.1) is 0 Å². The highest BCUT2D eigenvalue weighted by Gasteiger charge is 2.39. The second-order valence-corrected chi connectivity index (χ2v) is 9.17. The number of pyridine rings is 1. The van der Waals surface area contributed by atoms with Gasteiger partial charge in [0.05, 0.1) is 35.4 Å². The molecule has 12 nitrogen and oxygen atoms in total. The molecule has 1 fully saturated rings. The van der Waals surface area contributed by atoms with Crippen LogP contribution >= 0.6 is 15.9 Å². The fourth-order valence-corrected chi connectivity index (χ4v) is 2.24. The van der Waals surface area contributed by atoms with Crippen LogP contribution in [0.25, 0.3) is 0 Å². The molecule has 0 spiro atoms. The third-order valence-electron chi connectivity index (χ3n) is 4.16. The van der Waals surface area contributed by atoms with Crippen LogP contribution in [0.5, 0.6) is 0 Å². The monoisotopic (exact) mass is 788 g/mol. The molecular weight excluding hydrogens is 768 g/mol. The van der Waals surface area contributed by atoms with E-state index in [1.807, 2.05) is 0 Å². The zero-order valence-electron chi connectivity index (χ0n) is 23.0. The van der Waals surface area contributed by atoms with Crippen molar-refractivity contribution in [3.63, 3.8) is 0 Å². The van der Waals surface area contributed by atoms with Gasteiger partial charge in [0.15, 0.2) is 0 Å². The highest BCUT2D eigenvalue weighted by molar-refractivity contribution is 9.10. The summed E-state index contributed by atoms with van der Waals surface area (Å²) in [6.45, 7) is 0.0156. The Morgan fingerprint density at radius 3 is 1.44 bits per heavy atom. The van der Waals surface area contributed by atoms with Crippen molar-refractivity contribution in [1.29, 1.82) is 0 Å². The molecule has 0 atom stereocenters. The summed E-state index contributed by atoms with van der Waals surface area (Å²) in [6, 6.07) is 7.42. The smallest absolute Gasteiger partial charge is 0.475 e. The van der Waals surface area contributed by atoms with E-state index in [1.54, 1.807) is 0 Å². The number of hydrogen-bond acceptors (Lipinski definition) is 7. The maximum Gasteiger partial charge on any atom is 0.490 e. The van der Waals surface area contributed by atoms with Crippen LogP contribution in [-0.4, -0.2) is 74.0 Å². The first-order valence-electron chi connectivity index (χ1n) is 11.7. The fourth-order valence-electron chi connectivity index (χ4n) is 1.88. The Kier molecular flexibility index (Phi) is 18.3. The van der Waals surface area contributed by atoms with Crippen molar-refractivity contribution in [2.45, 2.75) is 50.1 Å². The molecule has 3 rings (SSSR count). The first-order chi connectivity index (χ1) is 21.5. The van der Waals surface area contributed by atoms with Crippen LogP contribution in [-0.2, 0) is 27.1 Å². The van der Waals surface area contributed by atoms with Crippen LogP contribution in [0.15, 0.2) is 41.0 Å². The normalized spacial score (nSPS) is 12.5. The van der Waals surface area contributed by atoms with Crippen LogP contribution < -0.4 is 16.4 Å². The van der Waals surface area contributed by atoms with Crippen LogP contribution in [0.3, 0.4) is 0 Å². The van der Waals surface area contributed by atoms with E-state index < -0.39 is 54.3 Å². The lowest BCUT2D eigenvalue weighted by atomic mass is 10.1. The summed E-state index contributed by atoms with van der Waals surface area (Å²) < 4.78 is 135. The summed E-state index contributed by atoms with van der Waals surface area (Å²) in [5.74, 6) is -8.27. The van der Waals surface area contributed by atoms with Gasteiger partial charge in [0.1, 0.15) is 0 Å². The molecule has 0 unspecified atom stereocenters. The summed E-state index contributed by atoms with van der Waals surface area (Å²) in [5.41, 5.74) is 5.13. The molecule has 1 aliphatic carbocycles. The van der Waals surface area contributed by atoms with Crippen molar-refractivity contribution in [2.24, 2.45) is 5.73 Å². The Bertz CT molecular complexity index is 1290. The Morgan fingerprint density at radius 2 is 1.17 bits per heavy atom. The summed E-state index contributed by atoms with van der Waals surface area (Å²) in [4.78, 5) is 41.0. The Labute approximate surface area is 267 Å². The third kappa shape index (κ3) is 22.9. The zero-order valence-corrected chi connectivity index (χ0v) is 24.6. The molecule has 0 bridgehead atoms. The number of alkyl halides is 12. The van der Waals surface area contributed by atoms with Crippen molar-refractivity contribution in [1.82, 2.24) is 10.3 Å². The van der Waals surface area contributed by atoms with Gasteiger partial charge < -0.3 is 36.8 Å². The van der Waals surface area contributed by atoms with E-state index in [0.717, 1.165) is 6.07 Å². The number of aromatic nitrogens is 1. The number of carboxylic acids is 3. The third-order valence-corrected chi connectivity index (χ3v) is 4.65. The molecule has 48 heavy (non-hydrogen) atoms. The van der Waals surface area contributed by atoms with E-state index in [9.17, 15) is 57.5 Å². The van der Waals surface area contributed by atoms with E-state index in [2.05, 4.69) is 31.5 Å². The van der Waals surface area contributed by atoms with Crippen LogP contribution in [0.4, 0.5) is 68.9 Å². The molecule has 1 aliphatic rings. The van der Waals surface area contributed by atoms with Gasteiger partial charge >= 0.3 is 48.7 Å². The lowest BCUT2D eigenvalue weighted by Crippen LogP contribution is -2.21. The van der Waals surface area contributed by atoms with Crippen molar-refractivity contribution in [3.8, 4) is 0 Å². The van der Waals surface area contributed by atoms with Crippen molar-refractivity contribution in [3.05, 3.63) is 52.3 Å². The second kappa shape index (κ2) is 19.3. The molecule has 0 radical (unpaired) electrons. The number of carbonyl (C=O) groups is 4. The summed E-state index contributed by atoms with van der Waals surface area (Å²) >= 11 is 3.02. The standard InChI is InChI=1S/C14H11BrF3N3O2.C3H7N.3C2HF3O2/c15-8-1-4-12(11(5-8)14(16,17)18)21-10-3-2-9(19-7-10)6-20-13(22)23;4-3-1-2-3;3*3-2(4,5)1(6)7/h1-5,7,20-21H,6H2,(H,22,23);3H,1-2,4H2;3*(H,6,7). The maximum absolute atomic E-state index is 13.0. The minimum atomic E-state index is -5.08. The lowest BCUT2D eigenvalue weighted by Gasteiger charge is -2.15. The zero-order chi connectivity index (χ0) is 38.3. The Morgan fingerprint density at radius 1 is 0.771 bits per heavy atom. The first-order valence-corrected chi connectivity index (χ1v) is 12.5. The summed E-state index contributed by atoms with van der Waals surface area (Å²) in [5, 5.41) is 34.7. The average Bonchev–Trinajstić information content (AvgIpc) is 3.70. The molecule has 2 aromatic rings. The molecule has 1 amide bonds. The van der Waals surface area contributed by atoms with Crippen molar-refractivity contribution in [2.75, 3.05) is 5.32 Å². The molecule has 1 saturated carbocycles. The molecule has 25 heteroatoms. The van der Waals surface area contributed by atoms with Crippen molar-refractivity contribution >= 4 is 51.3 Å². The number of rotatable bonds is 4. The average molecular weight is 789 g/mol. The topological polar surface area (TPSA) is 212 Å². The van der Waals surface area contributed by atoms with Gasteiger partial charge in [-0.05, 0) is 43.2 Å². The predicted octanol–water partition coefficient (Wildman–Crippen LogP) is 6.38. The van der Waals surface area contributed by atoms with Gasteiger partial charge in [0.25, 0.3) is 0 Å². The molecule has 0 saturated heterocycles. The van der Waals surface area contributed by atoms with Gasteiger partial charge in [-0.25, -0.2) is 19.2 Å². The van der Waals surface area contributed by atoms with E-state index in [4.69, 9.17) is 40.5 Å². The fraction of sp³-hybridized carbons (Fsp3) is 0.348. The summed E-state index contributed by atoms with van der Waals surface area (Å²) in [7, 11) is 0. The van der Waals surface area contributed by atoms with Crippen molar-refractivity contribution < 1.29 is 92.3 Å². The van der Waals surface area contributed by atoms with Crippen LogP contribution in [0.2, 0.25) is 0 Å². The highest BCUT2D eigenvalue weighted by Crippen LogP contribution is 2.37. The number of carboxylic acid groups (broad SMARTS) is 4. The van der Waals surface area contributed by atoms with Crippen LogP contribution in [0, 0.1) is 0 Å². The maximum atomic E-state index is 13.0. The number of hydrogen-bond donors (Lipinski definition) is 7. The minimum absolute atomic E-state index is 0.0156. The minimum Gasteiger partial charge on any atom is -0.475 e. The number of nitrogens with zero attached hydrogens (tertiary/aromatic N) is 1. The molecule has 1 aromatic heterocycles. The number of nitrogens with one attached hydrogen (secondary N) is 2. The van der Waals surface area contributed by atoms with Gasteiger partial charge in [-0.3, -0.25) is 4.98 Å². The highest BCUT2D eigenvalue weighted by atomic mass is 79.9. The van der Waals surface area contributed by atoms with Crippen LogP contribution in [0.1, 0.15) is 24.1 Å².